The Morgan fingerprint density at radius 1 is 1.33 bits per heavy atom. The van der Waals surface area contributed by atoms with Crippen molar-refractivity contribution in [2.75, 3.05) is 0 Å². The molecule has 0 radical (unpaired) electrons. The van der Waals surface area contributed by atoms with Crippen LogP contribution in [0.15, 0.2) is 24.3 Å². The zero-order valence-corrected chi connectivity index (χ0v) is 11.3. The van der Waals surface area contributed by atoms with E-state index in [9.17, 15) is 9.59 Å². The second-order valence-corrected chi connectivity index (χ2v) is 5.56. The molecule has 0 heterocycles. The van der Waals surface area contributed by atoms with Crippen LogP contribution < -0.4 is 5.32 Å². The molecule has 0 aliphatic rings. The van der Waals surface area contributed by atoms with Crippen LogP contribution >= 0.6 is 11.6 Å². The number of carbonyl (C=O) groups excluding carboxylic acids is 1. The van der Waals surface area contributed by atoms with Crippen LogP contribution in [0.25, 0.3) is 0 Å². The van der Waals surface area contributed by atoms with Crippen LogP contribution in [0.1, 0.15) is 31.1 Å². The summed E-state index contributed by atoms with van der Waals surface area (Å²) in [5.41, 5.74) is -0.224. The third-order valence-electron chi connectivity index (χ3n) is 2.48. The fourth-order valence-electron chi connectivity index (χ4n) is 1.49. The lowest BCUT2D eigenvalue weighted by molar-refractivity contribution is -0.142. The number of carbonyl (C=O) groups is 2. The number of benzene rings is 1. The predicted octanol–water partition coefficient (Wildman–Crippen LogP) is 2.57. The molecule has 0 spiro atoms. The van der Waals surface area contributed by atoms with E-state index in [1.54, 1.807) is 39.0 Å². The van der Waals surface area contributed by atoms with Crippen molar-refractivity contribution < 1.29 is 14.7 Å². The molecule has 0 saturated heterocycles. The molecule has 1 aromatic rings. The molecule has 5 heteroatoms. The van der Waals surface area contributed by atoms with Gasteiger partial charge in [0.05, 0.1) is 0 Å². The molecule has 1 rings (SSSR count). The first-order chi connectivity index (χ1) is 8.21. The summed E-state index contributed by atoms with van der Waals surface area (Å²) in [6, 6.07) is 5.42. The van der Waals surface area contributed by atoms with E-state index < -0.39 is 23.3 Å². The molecule has 18 heavy (non-hydrogen) atoms. The summed E-state index contributed by atoms with van der Waals surface area (Å²) in [6.45, 7) is 5.26. The van der Waals surface area contributed by atoms with Gasteiger partial charge in [0.2, 0.25) is 0 Å². The highest BCUT2D eigenvalue weighted by Crippen LogP contribution is 2.20. The van der Waals surface area contributed by atoms with Crippen molar-refractivity contribution in [1.82, 2.24) is 5.32 Å². The molecule has 4 nitrogen and oxygen atoms in total. The Balaban J connectivity index is 2.89. The first kappa shape index (κ1) is 14.5. The van der Waals surface area contributed by atoms with Crippen LogP contribution in [0.2, 0.25) is 5.02 Å². The molecule has 0 aromatic heterocycles. The second kappa shape index (κ2) is 5.40. The van der Waals surface area contributed by atoms with E-state index in [2.05, 4.69) is 5.32 Å². The maximum Gasteiger partial charge on any atom is 0.326 e. The van der Waals surface area contributed by atoms with Gasteiger partial charge < -0.3 is 10.4 Å². The van der Waals surface area contributed by atoms with E-state index in [0.29, 0.717) is 10.6 Å². The highest BCUT2D eigenvalue weighted by molar-refractivity contribution is 6.30. The van der Waals surface area contributed by atoms with Gasteiger partial charge in [0, 0.05) is 10.6 Å². The average molecular weight is 270 g/mol. The zero-order chi connectivity index (χ0) is 13.9. The molecular formula is C13H16ClNO3. The van der Waals surface area contributed by atoms with Crippen molar-refractivity contribution in [1.29, 1.82) is 0 Å². The molecule has 98 valence electrons. The highest BCUT2D eigenvalue weighted by Gasteiger charge is 2.32. The van der Waals surface area contributed by atoms with Crippen LogP contribution in [0, 0.1) is 5.41 Å². The largest absolute Gasteiger partial charge is 0.480 e. The Bertz CT molecular complexity index is 466. The Morgan fingerprint density at radius 3 is 2.39 bits per heavy atom. The fraction of sp³-hybridized carbons (Fsp3) is 0.385. The van der Waals surface area contributed by atoms with Gasteiger partial charge in [0.25, 0.3) is 5.91 Å². The molecule has 1 atom stereocenters. The number of nitrogens with one attached hydrogen (secondary N) is 1. The quantitative estimate of drug-likeness (QED) is 0.886. The van der Waals surface area contributed by atoms with Crippen molar-refractivity contribution >= 4 is 23.5 Å². The number of halogens is 1. The predicted molar refractivity (Wildman–Crippen MR) is 69.8 cm³/mol. The maximum absolute atomic E-state index is 11.9. The summed E-state index contributed by atoms with van der Waals surface area (Å²) >= 11 is 5.78. The normalized spacial score (nSPS) is 12.9. The number of carboxylic acid groups (broad SMARTS) is 1. The van der Waals surface area contributed by atoms with E-state index in [-0.39, 0.29) is 0 Å². The summed E-state index contributed by atoms with van der Waals surface area (Å²) in [5, 5.41) is 12.1. The van der Waals surface area contributed by atoms with Crippen molar-refractivity contribution in [3.8, 4) is 0 Å². The van der Waals surface area contributed by atoms with Crippen molar-refractivity contribution in [2.24, 2.45) is 5.41 Å². The summed E-state index contributed by atoms with van der Waals surface area (Å²) in [7, 11) is 0. The molecule has 0 aliphatic heterocycles. The van der Waals surface area contributed by atoms with Crippen molar-refractivity contribution in [2.45, 2.75) is 26.8 Å². The molecular weight excluding hydrogens is 254 g/mol. The van der Waals surface area contributed by atoms with Gasteiger partial charge in [-0.3, -0.25) is 4.79 Å². The minimum absolute atomic E-state index is 0.345. The van der Waals surface area contributed by atoms with E-state index >= 15 is 0 Å². The van der Waals surface area contributed by atoms with Crippen LogP contribution in [-0.4, -0.2) is 23.0 Å². The molecule has 0 fully saturated rings. The topological polar surface area (TPSA) is 66.4 Å². The fourth-order valence-corrected chi connectivity index (χ4v) is 1.68. The van der Waals surface area contributed by atoms with Crippen LogP contribution in [0.3, 0.4) is 0 Å². The summed E-state index contributed by atoms with van der Waals surface area (Å²) in [6.07, 6.45) is 0. The van der Waals surface area contributed by atoms with Gasteiger partial charge in [0.1, 0.15) is 6.04 Å². The van der Waals surface area contributed by atoms with Crippen LogP contribution in [0.4, 0.5) is 0 Å². The number of hydrogen-bond donors (Lipinski definition) is 2. The molecule has 1 aromatic carbocycles. The summed E-state index contributed by atoms with van der Waals surface area (Å²) < 4.78 is 0. The number of amides is 1. The average Bonchev–Trinajstić information content (AvgIpc) is 2.23. The summed E-state index contributed by atoms with van der Waals surface area (Å²) in [4.78, 5) is 23.1. The minimum Gasteiger partial charge on any atom is -0.480 e. The number of carboxylic acids is 1. The lowest BCUT2D eigenvalue weighted by Gasteiger charge is -2.27. The molecule has 0 aliphatic carbocycles. The van der Waals surface area contributed by atoms with Gasteiger partial charge in [-0.05, 0) is 23.6 Å². The Labute approximate surface area is 111 Å². The van der Waals surface area contributed by atoms with E-state index in [4.69, 9.17) is 16.7 Å². The summed E-state index contributed by atoms with van der Waals surface area (Å²) in [5.74, 6) is -1.50. The van der Waals surface area contributed by atoms with Gasteiger partial charge >= 0.3 is 5.97 Å². The minimum atomic E-state index is -1.06. The standard InChI is InChI=1S/C13H16ClNO3/c1-13(2,3)10(12(17)18)15-11(16)8-5-4-6-9(14)7-8/h4-7,10H,1-3H3,(H,15,16)(H,17,18). The molecule has 1 unspecified atom stereocenters. The third kappa shape index (κ3) is 3.74. The second-order valence-electron chi connectivity index (χ2n) is 5.12. The number of rotatable bonds is 3. The Hall–Kier alpha value is -1.55. The molecule has 0 bridgehead atoms. The molecule has 2 N–H and O–H groups in total. The smallest absolute Gasteiger partial charge is 0.326 e. The number of hydrogen-bond acceptors (Lipinski definition) is 2. The highest BCUT2D eigenvalue weighted by atomic mass is 35.5. The van der Waals surface area contributed by atoms with Gasteiger partial charge in [0.15, 0.2) is 0 Å². The lowest BCUT2D eigenvalue weighted by atomic mass is 9.86. The first-order valence-electron chi connectivity index (χ1n) is 5.51. The molecule has 1 amide bonds. The van der Waals surface area contributed by atoms with Gasteiger partial charge in [-0.15, -0.1) is 0 Å². The van der Waals surface area contributed by atoms with Crippen molar-refractivity contribution in [3.05, 3.63) is 34.9 Å². The van der Waals surface area contributed by atoms with E-state index in [1.807, 2.05) is 0 Å². The van der Waals surface area contributed by atoms with E-state index in [0.717, 1.165) is 0 Å². The SMILES string of the molecule is CC(C)(C)C(NC(=O)c1cccc(Cl)c1)C(=O)O. The monoisotopic (exact) mass is 269 g/mol. The van der Waals surface area contributed by atoms with Gasteiger partial charge in [-0.1, -0.05) is 38.4 Å². The van der Waals surface area contributed by atoms with E-state index in [1.165, 1.54) is 6.07 Å². The lowest BCUT2D eigenvalue weighted by Crippen LogP contribution is -2.49. The zero-order valence-electron chi connectivity index (χ0n) is 10.5. The van der Waals surface area contributed by atoms with Crippen LogP contribution in [0.5, 0.6) is 0 Å². The molecule has 0 saturated carbocycles. The third-order valence-corrected chi connectivity index (χ3v) is 2.71. The van der Waals surface area contributed by atoms with Gasteiger partial charge in [-0.2, -0.15) is 0 Å². The first-order valence-corrected chi connectivity index (χ1v) is 5.89. The van der Waals surface area contributed by atoms with Crippen LogP contribution in [-0.2, 0) is 4.79 Å². The Kier molecular flexibility index (Phi) is 4.35. The van der Waals surface area contributed by atoms with Crippen molar-refractivity contribution in [3.63, 3.8) is 0 Å². The van der Waals surface area contributed by atoms with Gasteiger partial charge in [-0.25, -0.2) is 4.79 Å². The maximum atomic E-state index is 11.9. The number of aliphatic carboxylic acids is 1. The Morgan fingerprint density at radius 2 is 1.94 bits per heavy atom.